The quantitative estimate of drug-likeness (QED) is 0.515. The maximum absolute atomic E-state index is 14.2. The van der Waals surface area contributed by atoms with Crippen molar-refractivity contribution in [1.82, 2.24) is 15.6 Å². The number of nitrogens with zero attached hydrogens (tertiary/aromatic N) is 1. The van der Waals surface area contributed by atoms with Gasteiger partial charge in [-0.25, -0.2) is 4.39 Å². The van der Waals surface area contributed by atoms with Crippen molar-refractivity contribution in [3.63, 3.8) is 0 Å². The number of hydrogen-bond donors (Lipinski definition) is 2. The Morgan fingerprint density at radius 3 is 2.57 bits per heavy atom. The standard InChI is InChI=1S/C22H19BrFN3O3/c23-17-6-4-16(5-7-17)22(29)26-11-9-21(28)27-13-15-3-8-20(19(24)12-15)30-18-2-1-10-25-14-18/h1-8,10,12,14H,9,11,13H2,(H,26,29)(H,27,28). The summed E-state index contributed by atoms with van der Waals surface area (Å²) < 4.78 is 20.6. The second kappa shape index (κ2) is 10.5. The number of carbonyl (C=O) groups excluding carboxylic acids is 2. The van der Waals surface area contributed by atoms with Gasteiger partial charge in [-0.2, -0.15) is 0 Å². The van der Waals surface area contributed by atoms with Gasteiger partial charge in [0, 0.05) is 35.7 Å². The Bertz CT molecular complexity index is 1010. The summed E-state index contributed by atoms with van der Waals surface area (Å²) in [6.45, 7) is 0.372. The van der Waals surface area contributed by atoms with Crippen LogP contribution in [-0.4, -0.2) is 23.3 Å². The molecule has 6 nitrogen and oxygen atoms in total. The molecule has 0 fully saturated rings. The number of carbonyl (C=O) groups is 2. The minimum absolute atomic E-state index is 0.0775. The first-order valence-corrected chi connectivity index (χ1v) is 9.97. The number of benzene rings is 2. The molecule has 154 valence electrons. The summed E-state index contributed by atoms with van der Waals surface area (Å²) in [4.78, 5) is 27.9. The Morgan fingerprint density at radius 1 is 1.07 bits per heavy atom. The average Bonchev–Trinajstić information content (AvgIpc) is 2.75. The second-order valence-electron chi connectivity index (χ2n) is 6.35. The summed E-state index contributed by atoms with van der Waals surface area (Å²) in [7, 11) is 0. The minimum atomic E-state index is -0.535. The van der Waals surface area contributed by atoms with Gasteiger partial charge in [-0.05, 0) is 54.1 Å². The van der Waals surface area contributed by atoms with Crippen molar-refractivity contribution in [3.8, 4) is 11.5 Å². The van der Waals surface area contributed by atoms with E-state index in [1.165, 1.54) is 18.3 Å². The summed E-state index contributed by atoms with van der Waals surface area (Å²) in [5.41, 5.74) is 1.11. The zero-order chi connectivity index (χ0) is 21.3. The van der Waals surface area contributed by atoms with Gasteiger partial charge in [0.15, 0.2) is 11.6 Å². The summed E-state index contributed by atoms with van der Waals surface area (Å²) in [5, 5.41) is 5.39. The summed E-state index contributed by atoms with van der Waals surface area (Å²) in [5.74, 6) is -0.521. The first-order chi connectivity index (χ1) is 14.5. The first kappa shape index (κ1) is 21.4. The molecular formula is C22H19BrFN3O3. The van der Waals surface area contributed by atoms with E-state index in [0.29, 0.717) is 16.9 Å². The van der Waals surface area contributed by atoms with Gasteiger partial charge in [-0.15, -0.1) is 0 Å². The molecule has 0 aliphatic heterocycles. The molecule has 0 bridgehead atoms. The fraction of sp³-hybridized carbons (Fsp3) is 0.136. The minimum Gasteiger partial charge on any atom is -0.453 e. The molecule has 3 rings (SSSR count). The molecule has 0 saturated heterocycles. The van der Waals surface area contributed by atoms with Crippen LogP contribution < -0.4 is 15.4 Å². The van der Waals surface area contributed by atoms with E-state index >= 15 is 0 Å². The van der Waals surface area contributed by atoms with Crippen molar-refractivity contribution in [2.24, 2.45) is 0 Å². The van der Waals surface area contributed by atoms with E-state index in [4.69, 9.17) is 4.74 Å². The zero-order valence-electron chi connectivity index (χ0n) is 15.9. The van der Waals surface area contributed by atoms with E-state index in [9.17, 15) is 14.0 Å². The highest BCUT2D eigenvalue weighted by molar-refractivity contribution is 9.10. The predicted molar refractivity (Wildman–Crippen MR) is 114 cm³/mol. The van der Waals surface area contributed by atoms with Crippen LogP contribution in [0.3, 0.4) is 0 Å². The van der Waals surface area contributed by atoms with E-state index in [1.54, 1.807) is 48.7 Å². The van der Waals surface area contributed by atoms with E-state index in [2.05, 4.69) is 31.5 Å². The fourth-order valence-electron chi connectivity index (χ4n) is 2.55. The Balaban J connectivity index is 1.42. The Morgan fingerprint density at radius 2 is 1.87 bits per heavy atom. The van der Waals surface area contributed by atoms with E-state index in [1.807, 2.05) is 0 Å². The maximum Gasteiger partial charge on any atom is 0.251 e. The third-order valence-electron chi connectivity index (χ3n) is 4.09. The van der Waals surface area contributed by atoms with Gasteiger partial charge in [0.25, 0.3) is 5.91 Å². The fourth-order valence-corrected chi connectivity index (χ4v) is 2.82. The van der Waals surface area contributed by atoms with Gasteiger partial charge >= 0.3 is 0 Å². The van der Waals surface area contributed by atoms with Crippen LogP contribution in [0.4, 0.5) is 4.39 Å². The van der Waals surface area contributed by atoms with Crippen molar-refractivity contribution < 1.29 is 18.7 Å². The molecule has 0 unspecified atom stereocenters. The molecule has 2 N–H and O–H groups in total. The normalized spacial score (nSPS) is 10.3. The third kappa shape index (κ3) is 6.38. The molecule has 30 heavy (non-hydrogen) atoms. The van der Waals surface area contributed by atoms with Crippen LogP contribution in [0.1, 0.15) is 22.3 Å². The number of ether oxygens (including phenoxy) is 1. The van der Waals surface area contributed by atoms with Gasteiger partial charge in [0.2, 0.25) is 5.91 Å². The molecule has 0 aliphatic rings. The molecule has 3 aromatic rings. The molecule has 1 heterocycles. The number of amides is 2. The number of pyridine rings is 1. The van der Waals surface area contributed by atoms with Crippen molar-refractivity contribution in [2.45, 2.75) is 13.0 Å². The van der Waals surface area contributed by atoms with E-state index < -0.39 is 5.82 Å². The van der Waals surface area contributed by atoms with Crippen molar-refractivity contribution in [1.29, 1.82) is 0 Å². The highest BCUT2D eigenvalue weighted by Crippen LogP contribution is 2.24. The SMILES string of the molecule is O=C(CCNC(=O)c1ccc(Br)cc1)NCc1ccc(Oc2cccnc2)c(F)c1. The van der Waals surface area contributed by atoms with Crippen LogP contribution in [-0.2, 0) is 11.3 Å². The van der Waals surface area contributed by atoms with Gasteiger partial charge in [0.1, 0.15) is 5.75 Å². The lowest BCUT2D eigenvalue weighted by molar-refractivity contribution is -0.121. The Hall–Kier alpha value is -3.26. The highest BCUT2D eigenvalue weighted by Gasteiger charge is 2.09. The van der Waals surface area contributed by atoms with Crippen molar-refractivity contribution >= 4 is 27.7 Å². The van der Waals surface area contributed by atoms with Crippen LogP contribution >= 0.6 is 15.9 Å². The molecule has 1 aromatic heterocycles. The monoisotopic (exact) mass is 471 g/mol. The molecule has 2 amide bonds. The lowest BCUT2D eigenvalue weighted by atomic mass is 10.2. The van der Waals surface area contributed by atoms with Gasteiger partial charge in [0.05, 0.1) is 6.20 Å². The largest absolute Gasteiger partial charge is 0.453 e. The maximum atomic E-state index is 14.2. The molecule has 0 saturated carbocycles. The molecule has 0 atom stereocenters. The molecule has 8 heteroatoms. The molecule has 0 spiro atoms. The summed E-state index contributed by atoms with van der Waals surface area (Å²) >= 11 is 3.31. The van der Waals surface area contributed by atoms with Crippen molar-refractivity contribution in [3.05, 3.63) is 88.4 Å². The van der Waals surface area contributed by atoms with Crippen LogP contribution in [0.15, 0.2) is 71.5 Å². The smallest absolute Gasteiger partial charge is 0.251 e. The first-order valence-electron chi connectivity index (χ1n) is 9.18. The molecule has 0 radical (unpaired) electrons. The second-order valence-corrected chi connectivity index (χ2v) is 7.26. The van der Waals surface area contributed by atoms with Crippen molar-refractivity contribution in [2.75, 3.05) is 6.54 Å². The molecular weight excluding hydrogens is 453 g/mol. The number of halogens is 2. The number of nitrogens with one attached hydrogen (secondary N) is 2. The predicted octanol–water partition coefficient (Wildman–Crippen LogP) is 4.21. The van der Waals surface area contributed by atoms with Crippen LogP contribution in [0.2, 0.25) is 0 Å². The van der Waals surface area contributed by atoms with Crippen LogP contribution in [0.25, 0.3) is 0 Å². The topological polar surface area (TPSA) is 80.3 Å². The van der Waals surface area contributed by atoms with E-state index in [0.717, 1.165) is 4.47 Å². The lowest BCUT2D eigenvalue weighted by Gasteiger charge is -2.09. The molecule has 2 aromatic carbocycles. The van der Waals surface area contributed by atoms with Crippen LogP contribution in [0.5, 0.6) is 11.5 Å². The van der Waals surface area contributed by atoms with Crippen LogP contribution in [0, 0.1) is 5.82 Å². The van der Waals surface area contributed by atoms with Gasteiger partial charge in [-0.3, -0.25) is 14.6 Å². The van der Waals surface area contributed by atoms with Gasteiger partial charge in [-0.1, -0.05) is 22.0 Å². The summed E-state index contributed by atoms with van der Waals surface area (Å²) in [6, 6.07) is 14.8. The van der Waals surface area contributed by atoms with E-state index in [-0.39, 0.29) is 37.1 Å². The zero-order valence-corrected chi connectivity index (χ0v) is 17.5. The number of hydrogen-bond acceptors (Lipinski definition) is 4. The number of rotatable bonds is 8. The summed E-state index contributed by atoms with van der Waals surface area (Å²) in [6.07, 6.45) is 3.21. The third-order valence-corrected chi connectivity index (χ3v) is 4.62. The Labute approximate surface area is 181 Å². The lowest BCUT2D eigenvalue weighted by Crippen LogP contribution is -2.30. The van der Waals surface area contributed by atoms with Gasteiger partial charge < -0.3 is 15.4 Å². The Kier molecular flexibility index (Phi) is 7.51. The highest BCUT2D eigenvalue weighted by atomic mass is 79.9. The average molecular weight is 472 g/mol. The molecule has 0 aliphatic carbocycles. The number of aromatic nitrogens is 1.